The number of carbonyl (C=O) groups is 3. The molecule has 0 N–H and O–H groups in total. The van der Waals surface area contributed by atoms with Crippen LogP contribution in [0.2, 0.25) is 0 Å². The summed E-state index contributed by atoms with van der Waals surface area (Å²) in [5, 5.41) is 29.8. The molecule has 180 valence electrons. The van der Waals surface area contributed by atoms with E-state index in [4.69, 9.17) is 0 Å². The van der Waals surface area contributed by atoms with E-state index in [1.807, 2.05) is 0 Å². The number of rotatable bonds is 18. The first-order valence-electron chi connectivity index (χ1n) is 11.9. The van der Waals surface area contributed by atoms with Gasteiger partial charge in [0.25, 0.3) is 0 Å². The number of hydrogen-bond donors (Lipinski definition) is 0. The van der Waals surface area contributed by atoms with Crippen molar-refractivity contribution < 1.29 is 71.0 Å². The van der Waals surface area contributed by atoms with Crippen LogP contribution in [-0.2, 0) is 14.4 Å². The van der Waals surface area contributed by atoms with E-state index in [0.717, 1.165) is 57.8 Å². The van der Waals surface area contributed by atoms with Gasteiger partial charge in [-0.2, -0.15) is 0 Å². The standard InChI is InChI=1S/3C8H16O2.Pr/c3*1-2-3-4-5-6-7-8(9)10;/h3*2-7H2,1H3,(H,9,10);/q;;;+3/p-3. The molecule has 6 nitrogen and oxygen atoms in total. The molecule has 0 rings (SSSR count). The average molecular weight is 571 g/mol. The molecule has 0 aliphatic heterocycles. The quantitative estimate of drug-likeness (QED) is 0.233. The van der Waals surface area contributed by atoms with Gasteiger partial charge in [0.1, 0.15) is 0 Å². The Balaban J connectivity index is -0.000000174. The second-order valence-corrected chi connectivity index (χ2v) is 7.61. The van der Waals surface area contributed by atoms with E-state index in [2.05, 4.69) is 20.8 Å². The maximum Gasteiger partial charge on any atom is 3.00 e. The van der Waals surface area contributed by atoms with E-state index < -0.39 is 17.9 Å². The normalized spacial score (nSPS) is 9.39. The van der Waals surface area contributed by atoms with Crippen molar-refractivity contribution in [1.29, 1.82) is 0 Å². The molecule has 7 heteroatoms. The smallest absolute Gasteiger partial charge is 0.550 e. The molecule has 0 saturated heterocycles. The molecule has 0 radical (unpaired) electrons. The first-order valence-corrected chi connectivity index (χ1v) is 11.9. The Morgan fingerprint density at radius 1 is 0.419 bits per heavy atom. The second kappa shape index (κ2) is 34.4. The van der Waals surface area contributed by atoms with E-state index in [1.54, 1.807) is 0 Å². The molecule has 0 aliphatic carbocycles. The van der Waals surface area contributed by atoms with Crippen LogP contribution in [0.3, 0.4) is 0 Å². The third-order valence-electron chi connectivity index (χ3n) is 4.45. The molecule has 0 aliphatic rings. The minimum Gasteiger partial charge on any atom is -0.550 e. The zero-order chi connectivity index (χ0) is 23.5. The Morgan fingerprint density at radius 2 is 0.613 bits per heavy atom. The van der Waals surface area contributed by atoms with Gasteiger partial charge in [-0.3, -0.25) is 0 Å². The average Bonchev–Trinajstić information content (AvgIpc) is 2.68. The molecule has 0 heterocycles. The molecule has 0 aromatic heterocycles. The maximum atomic E-state index is 9.92. The van der Waals surface area contributed by atoms with Gasteiger partial charge in [-0.25, -0.2) is 0 Å². The first kappa shape index (κ1) is 38.1. The van der Waals surface area contributed by atoms with Gasteiger partial charge in [0.15, 0.2) is 0 Å². The molecular formula is C24H45O6Pr. The maximum absolute atomic E-state index is 9.92. The number of aliphatic carboxylic acids is 3. The van der Waals surface area contributed by atoms with Gasteiger partial charge in [-0.15, -0.1) is 0 Å². The van der Waals surface area contributed by atoms with Crippen molar-refractivity contribution in [3.63, 3.8) is 0 Å². The Morgan fingerprint density at radius 3 is 0.774 bits per heavy atom. The predicted molar refractivity (Wildman–Crippen MR) is 115 cm³/mol. The monoisotopic (exact) mass is 570 g/mol. The minimum atomic E-state index is -0.920. The van der Waals surface area contributed by atoms with E-state index >= 15 is 0 Å². The van der Waals surface area contributed by atoms with E-state index in [0.29, 0.717) is 0 Å². The summed E-state index contributed by atoms with van der Waals surface area (Å²) in [6.45, 7) is 6.41. The summed E-state index contributed by atoms with van der Waals surface area (Å²) in [5.41, 5.74) is 0. The molecule has 31 heavy (non-hydrogen) atoms. The predicted octanol–water partition coefficient (Wildman–Crippen LogP) is 3.29. The molecule has 0 fully saturated rings. The topological polar surface area (TPSA) is 120 Å². The molecular weight excluding hydrogens is 525 g/mol. The second-order valence-electron chi connectivity index (χ2n) is 7.61. The van der Waals surface area contributed by atoms with Crippen molar-refractivity contribution in [2.75, 3.05) is 0 Å². The minimum absolute atomic E-state index is 0. The van der Waals surface area contributed by atoms with Gasteiger partial charge >= 0.3 is 41.3 Å². The van der Waals surface area contributed by atoms with Gasteiger partial charge < -0.3 is 29.7 Å². The van der Waals surface area contributed by atoms with Crippen LogP contribution < -0.4 is 15.3 Å². The van der Waals surface area contributed by atoms with E-state index in [1.165, 1.54) is 38.5 Å². The fraction of sp³-hybridized carbons (Fsp3) is 0.875. The number of carboxylic acids is 3. The van der Waals surface area contributed by atoms with Crippen molar-refractivity contribution in [3.8, 4) is 0 Å². The van der Waals surface area contributed by atoms with Crippen LogP contribution in [0.4, 0.5) is 0 Å². The fourth-order valence-electron chi connectivity index (χ4n) is 2.62. The van der Waals surface area contributed by atoms with Gasteiger partial charge in [-0.05, 0) is 38.5 Å². The SMILES string of the molecule is CCCCCCCC(=O)[O-].CCCCCCCC(=O)[O-].CCCCCCCC(=O)[O-].[Pr+3]. The van der Waals surface area contributed by atoms with Crippen LogP contribution in [0.5, 0.6) is 0 Å². The van der Waals surface area contributed by atoms with Gasteiger partial charge in [0.2, 0.25) is 0 Å². The molecule has 0 bridgehead atoms. The van der Waals surface area contributed by atoms with Crippen molar-refractivity contribution in [1.82, 2.24) is 0 Å². The first-order chi connectivity index (χ1) is 14.3. The van der Waals surface area contributed by atoms with Crippen LogP contribution in [-0.4, -0.2) is 17.9 Å². The summed E-state index contributed by atoms with van der Waals surface area (Å²) in [4.78, 5) is 29.8. The summed E-state index contributed by atoms with van der Waals surface area (Å²) in [6, 6.07) is 0. The summed E-state index contributed by atoms with van der Waals surface area (Å²) in [5.74, 6) is -2.76. The Labute approximate surface area is 223 Å². The zero-order valence-electron chi connectivity index (χ0n) is 20.3. The number of hydrogen-bond acceptors (Lipinski definition) is 6. The van der Waals surface area contributed by atoms with Crippen molar-refractivity contribution in [3.05, 3.63) is 0 Å². The van der Waals surface area contributed by atoms with Crippen molar-refractivity contribution in [2.45, 2.75) is 136 Å². The van der Waals surface area contributed by atoms with Crippen molar-refractivity contribution in [2.24, 2.45) is 0 Å². The third-order valence-corrected chi connectivity index (χ3v) is 4.45. The van der Waals surface area contributed by atoms with Crippen molar-refractivity contribution >= 4 is 17.9 Å². The van der Waals surface area contributed by atoms with E-state index in [-0.39, 0.29) is 60.6 Å². The molecule has 0 saturated carbocycles. The molecule has 0 unspecified atom stereocenters. The molecule has 0 spiro atoms. The van der Waals surface area contributed by atoms with Gasteiger partial charge in [-0.1, -0.05) is 97.8 Å². The Hall–Kier alpha value is -0.226. The Bertz CT molecular complexity index is 331. The van der Waals surface area contributed by atoms with Crippen LogP contribution in [0.15, 0.2) is 0 Å². The van der Waals surface area contributed by atoms with Gasteiger partial charge in [0, 0.05) is 17.9 Å². The molecule has 0 atom stereocenters. The fourth-order valence-corrected chi connectivity index (χ4v) is 2.62. The number of carbonyl (C=O) groups excluding carboxylic acids is 3. The number of unbranched alkanes of at least 4 members (excludes halogenated alkanes) is 12. The van der Waals surface area contributed by atoms with Crippen LogP contribution >= 0.6 is 0 Å². The number of carboxylic acid groups (broad SMARTS) is 3. The summed E-state index contributed by atoms with van der Waals surface area (Å²) < 4.78 is 0. The summed E-state index contributed by atoms with van der Waals surface area (Å²) >= 11 is 0. The summed E-state index contributed by atoms with van der Waals surface area (Å²) in [6.07, 6.45) is 16.8. The zero-order valence-corrected chi connectivity index (χ0v) is 24.0. The van der Waals surface area contributed by atoms with Crippen LogP contribution in [0, 0.1) is 41.3 Å². The third kappa shape index (κ3) is 53.2. The molecule has 0 amide bonds. The Kier molecular flexibility index (Phi) is 42.2. The summed E-state index contributed by atoms with van der Waals surface area (Å²) in [7, 11) is 0. The van der Waals surface area contributed by atoms with E-state index in [9.17, 15) is 29.7 Å². The van der Waals surface area contributed by atoms with Gasteiger partial charge in [0.05, 0.1) is 0 Å². The van der Waals surface area contributed by atoms with Crippen LogP contribution in [0.1, 0.15) is 136 Å². The molecule has 0 aromatic rings. The van der Waals surface area contributed by atoms with Crippen LogP contribution in [0.25, 0.3) is 0 Å². The molecule has 0 aromatic carbocycles. The largest absolute Gasteiger partial charge is 3.00 e.